The Labute approximate surface area is 97.4 Å². The van der Waals surface area contributed by atoms with Crippen molar-refractivity contribution in [2.45, 2.75) is 19.9 Å². The molecule has 0 spiro atoms. The van der Waals surface area contributed by atoms with Crippen LogP contribution in [0.3, 0.4) is 0 Å². The summed E-state index contributed by atoms with van der Waals surface area (Å²) in [6.45, 7) is 2.05. The summed E-state index contributed by atoms with van der Waals surface area (Å²) < 4.78 is 4.49. The molecule has 1 aromatic heterocycles. The van der Waals surface area contributed by atoms with Crippen LogP contribution in [0.5, 0.6) is 0 Å². The summed E-state index contributed by atoms with van der Waals surface area (Å²) in [5.74, 6) is -0.981. The summed E-state index contributed by atoms with van der Waals surface area (Å²) in [4.78, 5) is 25.5. The van der Waals surface area contributed by atoms with Gasteiger partial charge in [-0.05, 0) is 6.42 Å². The molecular weight excluding hydrogens is 228 g/mol. The van der Waals surface area contributed by atoms with Gasteiger partial charge >= 0.3 is 12.0 Å². The summed E-state index contributed by atoms with van der Waals surface area (Å²) in [5, 5.41) is 17.2. The third kappa shape index (κ3) is 4.96. The second-order valence-electron chi connectivity index (χ2n) is 3.48. The zero-order chi connectivity index (χ0) is 12.7. The molecule has 0 radical (unpaired) electrons. The topological polar surface area (TPSA) is 117 Å². The van der Waals surface area contributed by atoms with Crippen LogP contribution in [0.4, 0.5) is 4.79 Å². The molecule has 1 unspecified atom stereocenters. The number of aromatic nitrogens is 2. The van der Waals surface area contributed by atoms with Crippen LogP contribution in [0, 0.1) is 5.92 Å². The average molecular weight is 242 g/mol. The Balaban J connectivity index is 2.11. The number of rotatable bonds is 6. The normalized spacial score (nSPS) is 11.8. The van der Waals surface area contributed by atoms with Gasteiger partial charge in [0.2, 0.25) is 6.39 Å². The van der Waals surface area contributed by atoms with Gasteiger partial charge in [0, 0.05) is 6.54 Å². The molecule has 0 saturated heterocycles. The van der Waals surface area contributed by atoms with Crippen LogP contribution in [0.15, 0.2) is 10.9 Å². The number of nitrogens with zero attached hydrogens (tertiary/aromatic N) is 2. The van der Waals surface area contributed by atoms with Crippen LogP contribution in [0.25, 0.3) is 0 Å². The molecule has 0 bridgehead atoms. The van der Waals surface area contributed by atoms with E-state index in [1.54, 1.807) is 6.92 Å². The van der Waals surface area contributed by atoms with Crippen molar-refractivity contribution >= 4 is 12.0 Å². The first-order valence-corrected chi connectivity index (χ1v) is 5.09. The van der Waals surface area contributed by atoms with E-state index in [0.29, 0.717) is 18.8 Å². The molecular formula is C9H14N4O4. The number of hydrogen-bond donors (Lipinski definition) is 3. The van der Waals surface area contributed by atoms with Crippen LogP contribution < -0.4 is 10.6 Å². The number of urea groups is 1. The Morgan fingerprint density at radius 1 is 1.53 bits per heavy atom. The van der Waals surface area contributed by atoms with Crippen molar-refractivity contribution in [3.8, 4) is 0 Å². The van der Waals surface area contributed by atoms with Gasteiger partial charge in [0.1, 0.15) is 0 Å². The van der Waals surface area contributed by atoms with Crippen LogP contribution >= 0.6 is 0 Å². The monoisotopic (exact) mass is 242 g/mol. The quantitative estimate of drug-likeness (QED) is 0.645. The number of amides is 2. The maximum absolute atomic E-state index is 11.2. The molecule has 1 heterocycles. The lowest BCUT2D eigenvalue weighted by atomic mass is 10.1. The average Bonchev–Trinajstić information content (AvgIpc) is 2.78. The number of hydrogen-bond acceptors (Lipinski definition) is 5. The molecule has 0 aliphatic heterocycles. The standard InChI is InChI=1S/C9H14N4O4/c1-6(8(14)15)2-3-10-9(16)11-4-7-12-5-17-13-7/h5-6H,2-4H2,1H3,(H,14,15)(H2,10,11,16). The fourth-order valence-electron chi connectivity index (χ4n) is 1.02. The first-order chi connectivity index (χ1) is 8.09. The van der Waals surface area contributed by atoms with Crippen molar-refractivity contribution in [1.82, 2.24) is 20.8 Å². The Morgan fingerprint density at radius 2 is 2.29 bits per heavy atom. The summed E-state index contributed by atoms with van der Waals surface area (Å²) in [6, 6.07) is -0.396. The van der Waals surface area contributed by atoms with E-state index in [1.807, 2.05) is 0 Å². The minimum absolute atomic E-state index is 0.164. The van der Waals surface area contributed by atoms with E-state index in [1.165, 1.54) is 6.39 Å². The Kier molecular flexibility index (Phi) is 4.92. The number of carboxylic acid groups (broad SMARTS) is 1. The highest BCUT2D eigenvalue weighted by atomic mass is 16.5. The largest absolute Gasteiger partial charge is 0.481 e. The van der Waals surface area contributed by atoms with Gasteiger partial charge in [-0.1, -0.05) is 12.1 Å². The number of carbonyl (C=O) groups excluding carboxylic acids is 1. The highest BCUT2D eigenvalue weighted by molar-refractivity contribution is 5.74. The highest BCUT2D eigenvalue weighted by Gasteiger charge is 2.10. The Hall–Kier alpha value is -2.12. The summed E-state index contributed by atoms with van der Waals surface area (Å²) >= 11 is 0. The maximum Gasteiger partial charge on any atom is 0.315 e. The summed E-state index contributed by atoms with van der Waals surface area (Å²) in [6.07, 6.45) is 1.55. The molecule has 1 rings (SSSR count). The SMILES string of the molecule is CC(CCNC(=O)NCc1ncon1)C(=O)O. The predicted octanol–water partition coefficient (Wildman–Crippen LogP) is -0.0204. The molecule has 0 fully saturated rings. The number of carboxylic acids is 1. The molecule has 3 N–H and O–H groups in total. The van der Waals surface area contributed by atoms with E-state index >= 15 is 0 Å². The molecule has 0 saturated carbocycles. The lowest BCUT2D eigenvalue weighted by Gasteiger charge is -2.08. The van der Waals surface area contributed by atoms with Crippen LogP contribution in [-0.4, -0.2) is 33.8 Å². The van der Waals surface area contributed by atoms with Gasteiger partial charge in [-0.2, -0.15) is 4.98 Å². The third-order valence-electron chi connectivity index (χ3n) is 2.10. The zero-order valence-corrected chi connectivity index (χ0v) is 9.34. The van der Waals surface area contributed by atoms with Gasteiger partial charge in [0.05, 0.1) is 12.5 Å². The van der Waals surface area contributed by atoms with E-state index in [-0.39, 0.29) is 6.54 Å². The van der Waals surface area contributed by atoms with Gasteiger partial charge in [-0.25, -0.2) is 4.79 Å². The van der Waals surface area contributed by atoms with Crippen LogP contribution in [0.1, 0.15) is 19.2 Å². The van der Waals surface area contributed by atoms with Gasteiger partial charge in [-0.3, -0.25) is 4.79 Å². The van der Waals surface area contributed by atoms with E-state index in [0.717, 1.165) is 0 Å². The van der Waals surface area contributed by atoms with Crippen molar-refractivity contribution in [1.29, 1.82) is 0 Å². The zero-order valence-electron chi connectivity index (χ0n) is 9.34. The van der Waals surface area contributed by atoms with Crippen molar-refractivity contribution in [2.75, 3.05) is 6.54 Å². The van der Waals surface area contributed by atoms with E-state index < -0.39 is 17.9 Å². The van der Waals surface area contributed by atoms with Crippen molar-refractivity contribution in [2.24, 2.45) is 5.92 Å². The van der Waals surface area contributed by atoms with E-state index in [2.05, 4.69) is 25.3 Å². The Bertz CT molecular complexity index is 365. The van der Waals surface area contributed by atoms with E-state index in [4.69, 9.17) is 5.11 Å². The fourth-order valence-corrected chi connectivity index (χ4v) is 1.02. The van der Waals surface area contributed by atoms with Gasteiger partial charge in [-0.15, -0.1) is 0 Å². The van der Waals surface area contributed by atoms with Crippen molar-refractivity contribution in [3.63, 3.8) is 0 Å². The molecule has 0 aromatic carbocycles. The molecule has 8 heteroatoms. The highest BCUT2D eigenvalue weighted by Crippen LogP contribution is 1.99. The van der Waals surface area contributed by atoms with Crippen LogP contribution in [-0.2, 0) is 11.3 Å². The second kappa shape index (κ2) is 6.46. The second-order valence-corrected chi connectivity index (χ2v) is 3.48. The molecule has 8 nitrogen and oxygen atoms in total. The first kappa shape index (κ1) is 12.9. The molecule has 2 amide bonds. The van der Waals surface area contributed by atoms with Crippen molar-refractivity contribution < 1.29 is 19.2 Å². The smallest absolute Gasteiger partial charge is 0.315 e. The summed E-state index contributed by atoms with van der Waals surface area (Å²) in [7, 11) is 0. The predicted molar refractivity (Wildman–Crippen MR) is 56.0 cm³/mol. The summed E-state index contributed by atoms with van der Waals surface area (Å²) in [5.41, 5.74) is 0. The van der Waals surface area contributed by atoms with Crippen molar-refractivity contribution in [3.05, 3.63) is 12.2 Å². The molecule has 0 aliphatic rings. The lowest BCUT2D eigenvalue weighted by Crippen LogP contribution is -2.36. The lowest BCUT2D eigenvalue weighted by molar-refractivity contribution is -0.141. The fraction of sp³-hybridized carbons (Fsp3) is 0.556. The molecule has 0 aliphatic carbocycles. The number of aliphatic carboxylic acids is 1. The minimum Gasteiger partial charge on any atom is -0.481 e. The first-order valence-electron chi connectivity index (χ1n) is 5.09. The minimum atomic E-state index is -0.876. The van der Waals surface area contributed by atoms with Gasteiger partial charge < -0.3 is 20.3 Å². The maximum atomic E-state index is 11.2. The van der Waals surface area contributed by atoms with Crippen LogP contribution in [0.2, 0.25) is 0 Å². The van der Waals surface area contributed by atoms with Gasteiger partial charge in [0.15, 0.2) is 5.82 Å². The number of nitrogens with one attached hydrogen (secondary N) is 2. The van der Waals surface area contributed by atoms with Gasteiger partial charge in [0.25, 0.3) is 0 Å². The molecule has 1 atom stereocenters. The Morgan fingerprint density at radius 3 is 2.88 bits per heavy atom. The van der Waals surface area contributed by atoms with E-state index in [9.17, 15) is 9.59 Å². The third-order valence-corrected chi connectivity index (χ3v) is 2.10. The molecule has 94 valence electrons. The number of carbonyl (C=O) groups is 2. The molecule has 17 heavy (non-hydrogen) atoms. The molecule has 1 aromatic rings.